The first-order valence-corrected chi connectivity index (χ1v) is 12.6. The summed E-state index contributed by atoms with van der Waals surface area (Å²) in [7, 11) is 0. The van der Waals surface area contributed by atoms with E-state index < -0.39 is 5.97 Å². The van der Waals surface area contributed by atoms with Crippen molar-refractivity contribution in [3.63, 3.8) is 0 Å². The summed E-state index contributed by atoms with van der Waals surface area (Å²) in [5, 5.41) is 11.3. The molecule has 1 aliphatic heterocycles. The summed E-state index contributed by atoms with van der Waals surface area (Å²) >= 11 is 1.19. The van der Waals surface area contributed by atoms with Crippen molar-refractivity contribution in [1.82, 2.24) is 0 Å². The zero-order valence-corrected chi connectivity index (χ0v) is 21.3. The highest BCUT2D eigenvalue weighted by atomic mass is 32.2. The number of thioether (sulfide) groups is 1. The van der Waals surface area contributed by atoms with E-state index >= 15 is 0 Å². The van der Waals surface area contributed by atoms with Crippen LogP contribution in [0.4, 0.5) is 10.1 Å². The minimum absolute atomic E-state index is 0.0336. The maximum absolute atomic E-state index is 13.2. The van der Waals surface area contributed by atoms with Crippen LogP contribution in [0.15, 0.2) is 94.0 Å². The van der Waals surface area contributed by atoms with Crippen molar-refractivity contribution in [2.75, 3.05) is 13.2 Å². The van der Waals surface area contributed by atoms with Gasteiger partial charge in [0.2, 0.25) is 0 Å². The molecule has 1 N–H and O–H groups in total. The molecule has 0 amide bonds. The molecule has 3 aromatic rings. The number of carbonyl (C=O) groups is 1. The van der Waals surface area contributed by atoms with Gasteiger partial charge in [-0.05, 0) is 67.4 Å². The number of aliphatic hydroxyl groups is 1. The van der Waals surface area contributed by atoms with Crippen molar-refractivity contribution in [3.8, 4) is 11.5 Å². The Bertz CT molecular complexity index is 1350. The highest BCUT2D eigenvalue weighted by Crippen LogP contribution is 2.41. The standard InChI is InChI=1S/C29H26FNO5S/c1-3-34-24-16-20(12-15-23(24)36-18-19-10-13-21(30)14-11-19)17-25-27(32)26(29(33)35-4-2)28(37-25)31-22-8-6-5-7-9-22/h5-17,32H,3-4,18H2,1-2H3/b25-17-,31-28?. The van der Waals surface area contributed by atoms with Crippen molar-refractivity contribution in [3.05, 3.63) is 106 Å². The molecule has 37 heavy (non-hydrogen) atoms. The molecule has 0 aliphatic carbocycles. The van der Waals surface area contributed by atoms with E-state index in [2.05, 4.69) is 4.99 Å². The number of aliphatic imine (C=N–C) groups is 1. The average Bonchev–Trinajstić information content (AvgIpc) is 3.19. The molecule has 190 valence electrons. The first kappa shape index (κ1) is 26.0. The van der Waals surface area contributed by atoms with E-state index in [0.717, 1.165) is 11.1 Å². The van der Waals surface area contributed by atoms with Crippen LogP contribution in [0.2, 0.25) is 0 Å². The van der Waals surface area contributed by atoms with Crippen LogP contribution in [0, 0.1) is 5.82 Å². The minimum atomic E-state index is -0.634. The number of benzene rings is 3. The third kappa shape index (κ3) is 6.59. The monoisotopic (exact) mass is 519 g/mol. The maximum atomic E-state index is 13.2. The second kappa shape index (κ2) is 12.3. The molecule has 0 unspecified atom stereocenters. The Morgan fingerprint density at radius 3 is 2.43 bits per heavy atom. The molecule has 0 radical (unpaired) electrons. The number of aliphatic hydroxyl groups excluding tert-OH is 1. The van der Waals surface area contributed by atoms with Gasteiger partial charge in [0.15, 0.2) is 11.5 Å². The molecule has 0 saturated heterocycles. The smallest absolute Gasteiger partial charge is 0.344 e. The largest absolute Gasteiger partial charge is 0.506 e. The summed E-state index contributed by atoms with van der Waals surface area (Å²) in [5.74, 6) is -0.0703. The number of halogens is 1. The lowest BCUT2D eigenvalue weighted by Gasteiger charge is -2.13. The molecule has 0 atom stereocenters. The predicted octanol–water partition coefficient (Wildman–Crippen LogP) is 7.00. The number of esters is 1. The molecule has 1 aliphatic rings. The lowest BCUT2D eigenvalue weighted by Crippen LogP contribution is -2.12. The summed E-state index contributed by atoms with van der Waals surface area (Å²) in [4.78, 5) is 17.6. The fourth-order valence-corrected chi connectivity index (χ4v) is 4.54. The molecular weight excluding hydrogens is 493 g/mol. The quantitative estimate of drug-likeness (QED) is 0.307. The molecule has 4 rings (SSSR count). The fourth-order valence-electron chi connectivity index (χ4n) is 3.51. The summed E-state index contributed by atoms with van der Waals surface area (Å²) in [6.07, 6.45) is 1.75. The number of hydrogen-bond donors (Lipinski definition) is 1. The number of rotatable bonds is 9. The molecule has 0 spiro atoms. The van der Waals surface area contributed by atoms with Crippen molar-refractivity contribution >= 4 is 34.5 Å². The molecule has 3 aromatic carbocycles. The molecule has 0 bridgehead atoms. The summed E-state index contributed by atoms with van der Waals surface area (Å²) in [5.41, 5.74) is 2.24. The summed E-state index contributed by atoms with van der Waals surface area (Å²) in [6.45, 7) is 4.43. The van der Waals surface area contributed by atoms with Crippen molar-refractivity contribution in [2.24, 2.45) is 4.99 Å². The third-order valence-electron chi connectivity index (χ3n) is 5.23. The van der Waals surface area contributed by atoms with Gasteiger partial charge < -0.3 is 19.3 Å². The Hall–Kier alpha value is -4.04. The molecule has 8 heteroatoms. The van der Waals surface area contributed by atoms with Crippen LogP contribution in [-0.4, -0.2) is 29.3 Å². The van der Waals surface area contributed by atoms with Gasteiger partial charge in [0, 0.05) is 0 Å². The van der Waals surface area contributed by atoms with E-state index in [9.17, 15) is 14.3 Å². The first-order valence-electron chi connectivity index (χ1n) is 11.8. The van der Waals surface area contributed by atoms with E-state index in [1.807, 2.05) is 43.3 Å². The molecular formula is C29H26FNO5S. The van der Waals surface area contributed by atoms with Gasteiger partial charge in [0.25, 0.3) is 0 Å². The van der Waals surface area contributed by atoms with E-state index in [0.29, 0.717) is 33.7 Å². The zero-order valence-electron chi connectivity index (χ0n) is 20.4. The molecule has 6 nitrogen and oxygen atoms in total. The Labute approximate surface area is 219 Å². The van der Waals surface area contributed by atoms with Crippen LogP contribution in [0.5, 0.6) is 11.5 Å². The number of carbonyl (C=O) groups excluding carboxylic acids is 1. The highest BCUT2D eigenvalue weighted by Gasteiger charge is 2.33. The van der Waals surface area contributed by atoms with Crippen molar-refractivity contribution in [2.45, 2.75) is 20.5 Å². The Balaban J connectivity index is 1.62. The SMILES string of the molecule is CCOC(=O)C1=C(O)/C(=C/c2ccc(OCc3ccc(F)cc3)c(OCC)c2)SC1=Nc1ccccc1. The van der Waals surface area contributed by atoms with E-state index in [-0.39, 0.29) is 30.4 Å². The van der Waals surface area contributed by atoms with Crippen LogP contribution in [0.3, 0.4) is 0 Å². The topological polar surface area (TPSA) is 77.4 Å². The summed E-state index contributed by atoms with van der Waals surface area (Å²) in [6, 6.07) is 20.7. The lowest BCUT2D eigenvalue weighted by molar-refractivity contribution is -0.138. The number of hydrogen-bond acceptors (Lipinski definition) is 7. The van der Waals surface area contributed by atoms with E-state index in [4.69, 9.17) is 14.2 Å². The number of nitrogens with zero attached hydrogens (tertiary/aromatic N) is 1. The zero-order chi connectivity index (χ0) is 26.2. The average molecular weight is 520 g/mol. The minimum Gasteiger partial charge on any atom is -0.506 e. The van der Waals surface area contributed by atoms with Gasteiger partial charge in [0.1, 0.15) is 28.8 Å². The van der Waals surface area contributed by atoms with E-state index in [1.165, 1.54) is 23.9 Å². The van der Waals surface area contributed by atoms with Crippen LogP contribution in [0.1, 0.15) is 25.0 Å². The molecule has 0 fully saturated rings. The van der Waals surface area contributed by atoms with Gasteiger partial charge in [-0.2, -0.15) is 0 Å². The van der Waals surface area contributed by atoms with Crippen LogP contribution in [0.25, 0.3) is 6.08 Å². The first-order chi connectivity index (χ1) is 18.0. The number of ether oxygens (including phenoxy) is 3. The summed E-state index contributed by atoms with van der Waals surface area (Å²) < 4.78 is 30.0. The van der Waals surface area contributed by atoms with Gasteiger partial charge in [-0.3, -0.25) is 0 Å². The Morgan fingerprint density at radius 1 is 0.973 bits per heavy atom. The van der Waals surface area contributed by atoms with Crippen LogP contribution in [-0.2, 0) is 16.1 Å². The van der Waals surface area contributed by atoms with Gasteiger partial charge >= 0.3 is 5.97 Å². The normalized spacial score (nSPS) is 15.3. The fraction of sp³-hybridized carbons (Fsp3) is 0.172. The second-order valence-corrected chi connectivity index (χ2v) is 8.89. The van der Waals surface area contributed by atoms with Crippen molar-refractivity contribution < 1.29 is 28.5 Å². The Morgan fingerprint density at radius 2 is 1.73 bits per heavy atom. The predicted molar refractivity (Wildman–Crippen MR) is 144 cm³/mol. The van der Waals surface area contributed by atoms with Crippen LogP contribution < -0.4 is 9.47 Å². The van der Waals surface area contributed by atoms with Gasteiger partial charge in [0.05, 0.1) is 23.8 Å². The second-order valence-electron chi connectivity index (χ2n) is 7.86. The molecule has 1 heterocycles. The number of para-hydroxylation sites is 1. The van der Waals surface area contributed by atoms with Gasteiger partial charge in [-0.1, -0.05) is 48.2 Å². The van der Waals surface area contributed by atoms with Gasteiger partial charge in [-0.15, -0.1) is 0 Å². The van der Waals surface area contributed by atoms with Crippen molar-refractivity contribution in [1.29, 1.82) is 0 Å². The molecule has 0 saturated carbocycles. The third-order valence-corrected chi connectivity index (χ3v) is 6.25. The lowest BCUT2D eigenvalue weighted by atomic mass is 10.1. The van der Waals surface area contributed by atoms with Gasteiger partial charge in [-0.25, -0.2) is 14.2 Å². The van der Waals surface area contributed by atoms with Crippen LogP contribution >= 0.6 is 11.8 Å². The van der Waals surface area contributed by atoms with E-state index in [1.54, 1.807) is 37.3 Å². The maximum Gasteiger partial charge on any atom is 0.344 e. The highest BCUT2D eigenvalue weighted by molar-refractivity contribution is 8.18. The molecule has 0 aromatic heterocycles. The Kier molecular flexibility index (Phi) is 8.64.